The lowest BCUT2D eigenvalue weighted by Crippen LogP contribution is -1.98. The second-order valence-corrected chi connectivity index (χ2v) is 8.35. The maximum absolute atomic E-state index is 6.46. The minimum atomic E-state index is 0.588. The number of hydrogen-bond donors (Lipinski definition) is 0. The Hall–Kier alpha value is -4.28. The van der Waals surface area contributed by atoms with Gasteiger partial charge in [-0.3, -0.25) is 9.55 Å². The van der Waals surface area contributed by atoms with E-state index in [1.807, 2.05) is 54.7 Å². The number of imidazole rings is 1. The Balaban J connectivity index is 1.39. The molecule has 0 aliphatic heterocycles. The SMILES string of the molecule is Clc1ccnc2c1nc(-c1ccc(-c3ccc(-c4ccccn4)cc3)cc1)n2-c1ccccc1. The average Bonchev–Trinajstić information content (AvgIpc) is 3.31. The normalized spacial score (nSPS) is 11.1. The first-order valence-corrected chi connectivity index (χ1v) is 11.4. The summed E-state index contributed by atoms with van der Waals surface area (Å²) >= 11 is 6.46. The van der Waals surface area contributed by atoms with Gasteiger partial charge < -0.3 is 0 Å². The van der Waals surface area contributed by atoms with Gasteiger partial charge in [0.1, 0.15) is 11.3 Å². The molecule has 0 unspecified atom stereocenters. The van der Waals surface area contributed by atoms with E-state index >= 15 is 0 Å². The highest BCUT2D eigenvalue weighted by molar-refractivity contribution is 6.34. The summed E-state index contributed by atoms with van der Waals surface area (Å²) in [6, 6.07) is 34.7. The summed E-state index contributed by atoms with van der Waals surface area (Å²) < 4.78 is 2.05. The Kier molecular flexibility index (Phi) is 5.13. The molecule has 3 heterocycles. The molecular formula is C29H19ClN4. The first-order chi connectivity index (χ1) is 16.8. The van der Waals surface area contributed by atoms with Gasteiger partial charge in [-0.05, 0) is 41.5 Å². The fraction of sp³-hybridized carbons (Fsp3) is 0. The van der Waals surface area contributed by atoms with Crippen LogP contribution in [-0.4, -0.2) is 19.5 Å². The molecule has 0 saturated carbocycles. The maximum atomic E-state index is 6.46. The molecule has 0 saturated heterocycles. The van der Waals surface area contributed by atoms with Crippen LogP contribution in [0.25, 0.3) is 50.6 Å². The number of hydrogen-bond acceptors (Lipinski definition) is 3. The van der Waals surface area contributed by atoms with E-state index in [9.17, 15) is 0 Å². The van der Waals surface area contributed by atoms with Crippen molar-refractivity contribution in [1.29, 1.82) is 0 Å². The molecule has 0 aliphatic rings. The third kappa shape index (κ3) is 3.64. The largest absolute Gasteiger partial charge is 0.277 e. The van der Waals surface area contributed by atoms with Gasteiger partial charge in [-0.1, -0.05) is 84.4 Å². The summed E-state index contributed by atoms with van der Waals surface area (Å²) in [7, 11) is 0. The summed E-state index contributed by atoms with van der Waals surface area (Å²) in [6.45, 7) is 0. The molecule has 4 nitrogen and oxygen atoms in total. The highest BCUT2D eigenvalue weighted by Crippen LogP contribution is 2.32. The van der Waals surface area contributed by atoms with Crippen LogP contribution in [0.15, 0.2) is 116 Å². The van der Waals surface area contributed by atoms with E-state index in [4.69, 9.17) is 16.6 Å². The van der Waals surface area contributed by atoms with Gasteiger partial charge in [0, 0.05) is 29.2 Å². The first-order valence-electron chi connectivity index (χ1n) is 11.0. The molecule has 0 fully saturated rings. The van der Waals surface area contributed by atoms with E-state index in [0.717, 1.165) is 45.1 Å². The smallest absolute Gasteiger partial charge is 0.166 e. The van der Waals surface area contributed by atoms with Crippen LogP contribution < -0.4 is 0 Å². The molecule has 0 bridgehead atoms. The Bertz CT molecular complexity index is 1570. The van der Waals surface area contributed by atoms with Crippen molar-refractivity contribution in [2.24, 2.45) is 0 Å². The van der Waals surface area contributed by atoms with Crippen molar-refractivity contribution >= 4 is 22.8 Å². The van der Waals surface area contributed by atoms with Crippen LogP contribution in [-0.2, 0) is 0 Å². The van der Waals surface area contributed by atoms with Crippen molar-refractivity contribution < 1.29 is 0 Å². The van der Waals surface area contributed by atoms with E-state index in [0.29, 0.717) is 10.5 Å². The third-order valence-electron chi connectivity index (χ3n) is 5.83. The van der Waals surface area contributed by atoms with Crippen LogP contribution in [0.4, 0.5) is 0 Å². The third-order valence-corrected chi connectivity index (χ3v) is 6.14. The molecule has 5 heteroatoms. The standard InChI is InChI=1S/C29H19ClN4/c30-25-17-19-32-29-27(25)33-28(34(29)24-6-2-1-3-7-24)23-15-11-21(12-16-23)20-9-13-22(14-10-20)26-8-4-5-18-31-26/h1-19H. The number of rotatable bonds is 4. The Morgan fingerprint density at radius 3 is 1.88 bits per heavy atom. The molecule has 0 atom stereocenters. The Morgan fingerprint density at radius 2 is 1.21 bits per heavy atom. The van der Waals surface area contributed by atoms with Crippen molar-refractivity contribution in [3.8, 4) is 39.5 Å². The molecule has 6 aromatic rings. The number of aromatic nitrogens is 4. The van der Waals surface area contributed by atoms with Crippen LogP contribution in [0, 0.1) is 0 Å². The van der Waals surface area contributed by atoms with E-state index in [1.54, 1.807) is 12.3 Å². The lowest BCUT2D eigenvalue weighted by Gasteiger charge is -2.10. The molecule has 3 aromatic carbocycles. The van der Waals surface area contributed by atoms with Gasteiger partial charge in [-0.2, -0.15) is 0 Å². The van der Waals surface area contributed by atoms with Crippen molar-refractivity contribution in [2.75, 3.05) is 0 Å². The van der Waals surface area contributed by atoms with Gasteiger partial charge in [-0.15, -0.1) is 0 Å². The van der Waals surface area contributed by atoms with Gasteiger partial charge in [0.05, 0.1) is 10.7 Å². The summed E-state index contributed by atoms with van der Waals surface area (Å²) in [5.41, 5.74) is 7.76. The molecule has 6 rings (SSSR count). The first kappa shape index (κ1) is 20.3. The minimum Gasteiger partial charge on any atom is -0.277 e. The van der Waals surface area contributed by atoms with Crippen LogP contribution in [0.1, 0.15) is 0 Å². The fourth-order valence-electron chi connectivity index (χ4n) is 4.14. The molecule has 3 aromatic heterocycles. The van der Waals surface area contributed by atoms with Gasteiger partial charge in [0.2, 0.25) is 0 Å². The molecule has 162 valence electrons. The van der Waals surface area contributed by atoms with Gasteiger partial charge in [-0.25, -0.2) is 9.97 Å². The van der Waals surface area contributed by atoms with Crippen LogP contribution >= 0.6 is 11.6 Å². The average molecular weight is 459 g/mol. The second kappa shape index (κ2) is 8.58. The van der Waals surface area contributed by atoms with Crippen LogP contribution in [0.5, 0.6) is 0 Å². The van der Waals surface area contributed by atoms with E-state index < -0.39 is 0 Å². The molecule has 0 N–H and O–H groups in total. The zero-order valence-corrected chi connectivity index (χ0v) is 18.9. The van der Waals surface area contributed by atoms with E-state index in [1.165, 1.54) is 0 Å². The van der Waals surface area contributed by atoms with Crippen LogP contribution in [0.3, 0.4) is 0 Å². The van der Waals surface area contributed by atoms with Crippen molar-refractivity contribution in [2.45, 2.75) is 0 Å². The van der Waals surface area contributed by atoms with Crippen molar-refractivity contribution in [3.05, 3.63) is 121 Å². The molecular weight excluding hydrogens is 440 g/mol. The van der Waals surface area contributed by atoms with Gasteiger partial charge >= 0.3 is 0 Å². The second-order valence-electron chi connectivity index (χ2n) is 7.94. The highest BCUT2D eigenvalue weighted by Gasteiger charge is 2.17. The summed E-state index contributed by atoms with van der Waals surface area (Å²) in [6.07, 6.45) is 3.53. The molecule has 0 spiro atoms. The van der Waals surface area contributed by atoms with Crippen molar-refractivity contribution in [3.63, 3.8) is 0 Å². The van der Waals surface area contributed by atoms with E-state index in [-0.39, 0.29) is 0 Å². The monoisotopic (exact) mass is 458 g/mol. The number of pyridine rings is 2. The molecule has 0 aliphatic carbocycles. The quantitative estimate of drug-likeness (QED) is 0.275. The minimum absolute atomic E-state index is 0.588. The lowest BCUT2D eigenvalue weighted by atomic mass is 10.0. The molecule has 0 amide bonds. The predicted molar refractivity (Wildman–Crippen MR) is 138 cm³/mol. The highest BCUT2D eigenvalue weighted by atomic mass is 35.5. The fourth-order valence-corrected chi connectivity index (χ4v) is 4.32. The summed E-state index contributed by atoms with van der Waals surface area (Å²) in [5.74, 6) is 0.804. The number of benzene rings is 3. The lowest BCUT2D eigenvalue weighted by molar-refractivity contribution is 1.08. The number of para-hydroxylation sites is 1. The Labute approximate surface area is 202 Å². The molecule has 34 heavy (non-hydrogen) atoms. The topological polar surface area (TPSA) is 43.6 Å². The van der Waals surface area contributed by atoms with Gasteiger partial charge in [0.25, 0.3) is 0 Å². The molecule has 0 radical (unpaired) electrons. The van der Waals surface area contributed by atoms with Crippen molar-refractivity contribution in [1.82, 2.24) is 19.5 Å². The number of halogens is 1. The number of nitrogens with zero attached hydrogens (tertiary/aromatic N) is 4. The van der Waals surface area contributed by atoms with Crippen LogP contribution in [0.2, 0.25) is 5.02 Å². The summed E-state index contributed by atoms with van der Waals surface area (Å²) in [4.78, 5) is 13.9. The zero-order valence-electron chi connectivity index (χ0n) is 18.1. The summed E-state index contributed by atoms with van der Waals surface area (Å²) in [5, 5.41) is 0.588. The van der Waals surface area contributed by atoms with E-state index in [2.05, 4.69) is 63.1 Å². The predicted octanol–water partition coefficient (Wildman–Crippen LogP) is 7.47. The number of fused-ring (bicyclic) bond motifs is 1. The Morgan fingerprint density at radius 1 is 0.559 bits per heavy atom. The maximum Gasteiger partial charge on any atom is 0.166 e. The van der Waals surface area contributed by atoms with Gasteiger partial charge in [0.15, 0.2) is 5.65 Å². The zero-order chi connectivity index (χ0) is 22.9.